The molecule has 1 rings (SSSR count). The zero-order chi connectivity index (χ0) is 13.4. The Morgan fingerprint density at radius 3 is 2.50 bits per heavy atom. The molecule has 0 bridgehead atoms. The lowest BCUT2D eigenvalue weighted by atomic mass is 10.1. The van der Waals surface area contributed by atoms with Crippen LogP contribution in [0.1, 0.15) is 12.5 Å². The van der Waals surface area contributed by atoms with Crippen molar-refractivity contribution in [1.82, 2.24) is 16.2 Å². The number of hydrogen-bond donors (Lipinski definition) is 4. The van der Waals surface area contributed by atoms with Gasteiger partial charge < -0.3 is 11.1 Å². The number of hydrazine groups is 1. The molecule has 1 aromatic carbocycles. The summed E-state index contributed by atoms with van der Waals surface area (Å²) >= 11 is 0. The van der Waals surface area contributed by atoms with Crippen LogP contribution in [0.3, 0.4) is 0 Å². The summed E-state index contributed by atoms with van der Waals surface area (Å²) in [7, 11) is 0. The molecule has 1 atom stereocenters. The van der Waals surface area contributed by atoms with Crippen LogP contribution in [0.5, 0.6) is 0 Å². The van der Waals surface area contributed by atoms with Gasteiger partial charge in [-0.05, 0) is 18.9 Å². The fraction of sp³-hybridized carbons (Fsp3) is 0.333. The summed E-state index contributed by atoms with van der Waals surface area (Å²) in [6.07, 6.45) is 0.732. The minimum Gasteiger partial charge on any atom is -0.336 e. The van der Waals surface area contributed by atoms with E-state index in [2.05, 4.69) is 16.2 Å². The second kappa shape index (κ2) is 7.29. The van der Waals surface area contributed by atoms with Crippen LogP contribution in [0.25, 0.3) is 0 Å². The van der Waals surface area contributed by atoms with Gasteiger partial charge in [-0.3, -0.25) is 10.2 Å². The molecule has 1 aromatic rings. The summed E-state index contributed by atoms with van der Waals surface area (Å²) in [5.41, 5.74) is 10.9. The Kier molecular flexibility index (Phi) is 5.66. The summed E-state index contributed by atoms with van der Waals surface area (Å²) < 4.78 is 0. The van der Waals surface area contributed by atoms with E-state index in [9.17, 15) is 9.59 Å². The maximum atomic E-state index is 11.3. The highest BCUT2D eigenvalue weighted by molar-refractivity contribution is 5.84. The van der Waals surface area contributed by atoms with Crippen LogP contribution in [0.2, 0.25) is 0 Å². The summed E-state index contributed by atoms with van der Waals surface area (Å²) in [5.74, 6) is -0.437. The number of benzene rings is 1. The van der Waals surface area contributed by atoms with Crippen molar-refractivity contribution in [2.24, 2.45) is 5.73 Å². The van der Waals surface area contributed by atoms with Crippen LogP contribution in [-0.2, 0) is 11.2 Å². The molecule has 98 valence electrons. The number of rotatable bonds is 4. The van der Waals surface area contributed by atoms with Gasteiger partial charge in [0, 0.05) is 6.54 Å². The monoisotopic (exact) mass is 250 g/mol. The van der Waals surface area contributed by atoms with Gasteiger partial charge in [-0.15, -0.1) is 0 Å². The van der Waals surface area contributed by atoms with Crippen molar-refractivity contribution in [3.05, 3.63) is 35.9 Å². The Morgan fingerprint density at radius 1 is 1.22 bits per heavy atom. The van der Waals surface area contributed by atoms with Crippen molar-refractivity contribution >= 4 is 11.9 Å². The van der Waals surface area contributed by atoms with E-state index >= 15 is 0 Å². The predicted octanol–water partition coefficient (Wildman–Crippen LogP) is -0.0933. The Labute approximate surface area is 106 Å². The first-order valence-corrected chi connectivity index (χ1v) is 5.73. The van der Waals surface area contributed by atoms with E-state index in [1.54, 1.807) is 0 Å². The van der Waals surface area contributed by atoms with E-state index in [0.29, 0.717) is 6.54 Å². The van der Waals surface area contributed by atoms with Gasteiger partial charge in [-0.1, -0.05) is 30.3 Å². The highest BCUT2D eigenvalue weighted by Gasteiger charge is 2.07. The fourth-order valence-electron chi connectivity index (χ4n) is 1.24. The lowest BCUT2D eigenvalue weighted by molar-refractivity contribution is -0.122. The third-order valence-electron chi connectivity index (χ3n) is 2.25. The Balaban J connectivity index is 2.16. The van der Waals surface area contributed by atoms with Gasteiger partial charge in [0.1, 0.15) is 0 Å². The van der Waals surface area contributed by atoms with Crippen molar-refractivity contribution < 1.29 is 9.59 Å². The van der Waals surface area contributed by atoms with Crippen LogP contribution >= 0.6 is 0 Å². The Bertz CT molecular complexity index is 392. The zero-order valence-electron chi connectivity index (χ0n) is 10.3. The van der Waals surface area contributed by atoms with Crippen molar-refractivity contribution in [1.29, 1.82) is 0 Å². The minimum absolute atomic E-state index is 0.437. The van der Waals surface area contributed by atoms with E-state index in [-0.39, 0.29) is 0 Å². The molecule has 0 heterocycles. The van der Waals surface area contributed by atoms with Gasteiger partial charge in [-0.25, -0.2) is 10.2 Å². The topological polar surface area (TPSA) is 96.2 Å². The quantitative estimate of drug-likeness (QED) is 0.562. The van der Waals surface area contributed by atoms with Crippen molar-refractivity contribution in [2.75, 3.05) is 6.54 Å². The molecule has 0 aliphatic heterocycles. The maximum Gasteiger partial charge on any atom is 0.333 e. The summed E-state index contributed by atoms with van der Waals surface area (Å²) in [4.78, 5) is 22.3. The summed E-state index contributed by atoms with van der Waals surface area (Å²) in [5, 5.41) is 2.62. The molecule has 0 aliphatic rings. The Morgan fingerprint density at radius 2 is 1.89 bits per heavy atom. The number of amides is 3. The largest absolute Gasteiger partial charge is 0.336 e. The molecular formula is C12H18N4O2. The van der Waals surface area contributed by atoms with Gasteiger partial charge in [0.2, 0.25) is 0 Å². The molecule has 0 saturated carbocycles. The van der Waals surface area contributed by atoms with Crippen molar-refractivity contribution in [3.8, 4) is 0 Å². The number of nitrogens with one attached hydrogen (secondary N) is 3. The van der Waals surface area contributed by atoms with Gasteiger partial charge in [-0.2, -0.15) is 0 Å². The van der Waals surface area contributed by atoms with Crippen LogP contribution in [0, 0.1) is 0 Å². The summed E-state index contributed by atoms with van der Waals surface area (Å²) in [6.45, 7) is 2.02. The van der Waals surface area contributed by atoms with E-state index in [1.165, 1.54) is 6.92 Å². The number of urea groups is 1. The molecule has 0 radical (unpaired) electrons. The van der Waals surface area contributed by atoms with Crippen molar-refractivity contribution in [2.45, 2.75) is 19.4 Å². The molecule has 0 unspecified atom stereocenters. The molecule has 3 amide bonds. The molecule has 0 fully saturated rings. The van der Waals surface area contributed by atoms with E-state index in [4.69, 9.17) is 5.73 Å². The Hall–Kier alpha value is -2.08. The highest BCUT2D eigenvalue weighted by Crippen LogP contribution is 1.97. The van der Waals surface area contributed by atoms with E-state index in [0.717, 1.165) is 12.0 Å². The average molecular weight is 250 g/mol. The second-order valence-electron chi connectivity index (χ2n) is 3.89. The van der Waals surface area contributed by atoms with Gasteiger partial charge in [0.15, 0.2) is 0 Å². The average Bonchev–Trinajstić information content (AvgIpc) is 2.37. The first-order valence-electron chi connectivity index (χ1n) is 5.73. The number of carbonyl (C=O) groups is 2. The lowest BCUT2D eigenvalue weighted by Gasteiger charge is -2.10. The molecule has 0 saturated heterocycles. The SMILES string of the molecule is C[C@H](N)C(=O)NNC(=O)NCCc1ccccc1. The molecule has 6 nitrogen and oxygen atoms in total. The number of carbonyl (C=O) groups excluding carboxylic acids is 2. The molecule has 6 heteroatoms. The molecule has 0 spiro atoms. The zero-order valence-corrected chi connectivity index (χ0v) is 10.3. The van der Waals surface area contributed by atoms with Gasteiger partial charge >= 0.3 is 6.03 Å². The summed E-state index contributed by atoms with van der Waals surface area (Å²) in [6, 6.07) is 8.67. The fourth-order valence-corrected chi connectivity index (χ4v) is 1.24. The molecule has 0 aliphatic carbocycles. The predicted molar refractivity (Wildman–Crippen MR) is 68.5 cm³/mol. The van der Waals surface area contributed by atoms with Gasteiger partial charge in [0.25, 0.3) is 5.91 Å². The van der Waals surface area contributed by atoms with Crippen LogP contribution < -0.4 is 21.9 Å². The third-order valence-corrected chi connectivity index (χ3v) is 2.25. The molecule has 18 heavy (non-hydrogen) atoms. The first kappa shape index (κ1) is 14.0. The highest BCUT2D eigenvalue weighted by atomic mass is 16.2. The maximum absolute atomic E-state index is 11.3. The third kappa shape index (κ3) is 5.31. The standard InChI is InChI=1S/C12H18N4O2/c1-9(13)11(17)15-16-12(18)14-8-7-10-5-3-2-4-6-10/h2-6,9H,7-8,13H2,1H3,(H,15,17)(H2,14,16,18)/t9-/m0/s1. The first-order chi connectivity index (χ1) is 8.59. The number of hydrogen-bond acceptors (Lipinski definition) is 3. The van der Waals surface area contributed by atoms with E-state index < -0.39 is 18.0 Å². The molecular weight excluding hydrogens is 232 g/mol. The lowest BCUT2D eigenvalue weighted by Crippen LogP contribution is -2.51. The molecule has 5 N–H and O–H groups in total. The van der Waals surface area contributed by atoms with Crippen molar-refractivity contribution in [3.63, 3.8) is 0 Å². The van der Waals surface area contributed by atoms with Crippen LogP contribution in [0.4, 0.5) is 4.79 Å². The van der Waals surface area contributed by atoms with E-state index in [1.807, 2.05) is 30.3 Å². The van der Waals surface area contributed by atoms with Gasteiger partial charge in [0.05, 0.1) is 6.04 Å². The smallest absolute Gasteiger partial charge is 0.333 e. The normalized spacial score (nSPS) is 11.4. The minimum atomic E-state index is -0.658. The van der Waals surface area contributed by atoms with Crippen LogP contribution in [-0.4, -0.2) is 24.5 Å². The molecule has 0 aromatic heterocycles. The van der Waals surface area contributed by atoms with Crippen LogP contribution in [0.15, 0.2) is 30.3 Å². The number of nitrogens with two attached hydrogens (primary N) is 1. The second-order valence-corrected chi connectivity index (χ2v) is 3.89.